The molecule has 0 bridgehead atoms. The Morgan fingerprint density at radius 2 is 1.22 bits per heavy atom. The van der Waals surface area contributed by atoms with Crippen LogP contribution in [0.4, 0.5) is 21.0 Å². The Hall–Kier alpha value is -4.77. The molecule has 0 saturated carbocycles. The first-order valence-electron chi connectivity index (χ1n) is 16.4. The maximum Gasteiger partial charge on any atom is 0.410 e. The van der Waals surface area contributed by atoms with Gasteiger partial charge in [0.2, 0.25) is 0 Å². The predicted molar refractivity (Wildman–Crippen MR) is 193 cm³/mol. The molecule has 0 fully saturated rings. The summed E-state index contributed by atoms with van der Waals surface area (Å²) in [6.07, 6.45) is 0.891. The van der Waals surface area contributed by atoms with Crippen LogP contribution in [-0.2, 0) is 45.4 Å². The maximum absolute atomic E-state index is 13.1. The van der Waals surface area contributed by atoms with Crippen LogP contribution in [0.2, 0.25) is 0 Å². The van der Waals surface area contributed by atoms with Gasteiger partial charge in [-0.2, -0.15) is 0 Å². The zero-order valence-electron chi connectivity index (χ0n) is 29.1. The van der Waals surface area contributed by atoms with Crippen LogP contribution in [0.5, 0.6) is 0 Å². The predicted octanol–water partition coefficient (Wildman–Crippen LogP) is 7.50. The number of ether oxygens (including phenoxy) is 2. The molecule has 260 valence electrons. The van der Waals surface area contributed by atoms with E-state index in [1.54, 1.807) is 28.0 Å². The highest BCUT2D eigenvalue weighted by Gasteiger charge is 2.27. The zero-order valence-corrected chi connectivity index (χ0v) is 29.9. The van der Waals surface area contributed by atoms with Crippen molar-refractivity contribution in [1.82, 2.24) is 9.80 Å². The number of nitrogen functional groups attached to an aromatic ring is 1. The molecule has 4 aromatic rings. The molecular weight excluding hydrogens is 641 g/mol. The van der Waals surface area contributed by atoms with Gasteiger partial charge in [0.05, 0.1) is 4.90 Å². The number of hydrogen-bond acceptors (Lipinski definition) is 7. The van der Waals surface area contributed by atoms with Gasteiger partial charge in [0.1, 0.15) is 11.2 Å². The summed E-state index contributed by atoms with van der Waals surface area (Å²) in [5, 5.41) is 1.56. The average molecular weight is 687 g/mol. The van der Waals surface area contributed by atoms with E-state index in [4.69, 9.17) is 15.2 Å². The number of sulfonamides is 1. The van der Waals surface area contributed by atoms with Crippen LogP contribution in [0, 0.1) is 0 Å². The molecule has 0 aliphatic carbocycles. The molecule has 2 aliphatic heterocycles. The number of hydrogen-bond donors (Lipinski definition) is 2. The molecule has 0 aromatic heterocycles. The number of fused-ring (bicyclic) bond motifs is 3. The smallest absolute Gasteiger partial charge is 0.410 e. The van der Waals surface area contributed by atoms with Crippen LogP contribution in [0.15, 0.2) is 83.8 Å². The second kappa shape index (κ2) is 14.0. The molecule has 0 saturated heterocycles. The van der Waals surface area contributed by atoms with E-state index in [0.29, 0.717) is 43.7 Å². The molecule has 2 amide bonds. The third kappa shape index (κ3) is 9.23. The number of amides is 2. The van der Waals surface area contributed by atoms with E-state index >= 15 is 0 Å². The topological polar surface area (TPSA) is 131 Å². The molecule has 2 aliphatic rings. The summed E-state index contributed by atoms with van der Waals surface area (Å²) in [5.74, 6) is 0. The van der Waals surface area contributed by atoms with Crippen LogP contribution in [0.3, 0.4) is 0 Å². The second-order valence-electron chi connectivity index (χ2n) is 14.4. The standard InChI is InChI=1S/C24H26N2O4S.C14H20N2O2/c1-24(2,3)30-23(27)26-14-13-18-15-20(12-11-19(18)16-26)25-31(28,29)22-10-6-8-17-7-4-5-9-21(17)22;1-14(2,3)18-13(17)16-7-6-10-8-12(15)5-4-11(10)9-16/h4-12,15,25H,13-14,16H2,1-3H3;4-5,8H,6-7,9,15H2,1-3H3. The Bertz CT molecular complexity index is 1960. The number of anilines is 2. The Morgan fingerprint density at radius 1 is 0.694 bits per heavy atom. The van der Waals surface area contributed by atoms with Crippen LogP contribution in [-0.4, -0.2) is 54.7 Å². The second-order valence-corrected chi connectivity index (χ2v) is 16.0. The molecule has 10 nitrogen and oxygen atoms in total. The highest BCUT2D eigenvalue weighted by atomic mass is 32.2. The van der Waals surface area contributed by atoms with Gasteiger partial charge in [-0.1, -0.05) is 48.5 Å². The molecule has 11 heteroatoms. The fourth-order valence-electron chi connectivity index (χ4n) is 5.79. The fraction of sp³-hybridized carbons (Fsp3) is 0.368. The molecule has 0 radical (unpaired) electrons. The first-order valence-corrected chi connectivity index (χ1v) is 17.9. The summed E-state index contributed by atoms with van der Waals surface area (Å²) < 4.78 is 39.7. The minimum atomic E-state index is -3.75. The first-order chi connectivity index (χ1) is 23.0. The van der Waals surface area contributed by atoms with Crippen molar-refractivity contribution in [2.75, 3.05) is 23.5 Å². The van der Waals surface area contributed by atoms with Crippen LogP contribution >= 0.6 is 0 Å². The van der Waals surface area contributed by atoms with E-state index in [0.717, 1.165) is 34.2 Å². The number of carbonyl (C=O) groups is 2. The number of nitrogens with two attached hydrogens (primary N) is 1. The Kier molecular flexibility index (Phi) is 10.1. The van der Waals surface area contributed by atoms with Gasteiger partial charge in [0, 0.05) is 42.9 Å². The van der Waals surface area contributed by atoms with E-state index < -0.39 is 21.2 Å². The van der Waals surface area contributed by atoms with Crippen molar-refractivity contribution in [1.29, 1.82) is 0 Å². The summed E-state index contributed by atoms with van der Waals surface area (Å²) in [5.41, 5.74) is 10.5. The molecule has 2 heterocycles. The van der Waals surface area contributed by atoms with Crippen molar-refractivity contribution in [2.45, 2.75) is 83.6 Å². The fourth-order valence-corrected chi connectivity index (χ4v) is 7.07. The van der Waals surface area contributed by atoms with Gasteiger partial charge in [-0.3, -0.25) is 4.72 Å². The maximum atomic E-state index is 13.1. The molecule has 0 unspecified atom stereocenters. The Labute approximate surface area is 289 Å². The van der Waals surface area contributed by atoms with E-state index in [1.807, 2.05) is 102 Å². The molecule has 6 rings (SSSR count). The van der Waals surface area contributed by atoms with Crippen molar-refractivity contribution < 1.29 is 27.5 Å². The van der Waals surface area contributed by atoms with Crippen LogP contribution in [0.25, 0.3) is 10.8 Å². The quantitative estimate of drug-likeness (QED) is 0.214. The van der Waals surface area contributed by atoms with Crippen molar-refractivity contribution in [3.05, 3.63) is 101 Å². The average Bonchev–Trinajstić information content (AvgIpc) is 3.02. The lowest BCUT2D eigenvalue weighted by Gasteiger charge is -2.31. The van der Waals surface area contributed by atoms with Gasteiger partial charge in [0.15, 0.2) is 0 Å². The van der Waals surface area contributed by atoms with Crippen LogP contribution < -0.4 is 10.5 Å². The summed E-state index contributed by atoms with van der Waals surface area (Å²) in [4.78, 5) is 28.0. The minimum Gasteiger partial charge on any atom is -0.444 e. The molecule has 4 aromatic carbocycles. The van der Waals surface area contributed by atoms with Crippen molar-refractivity contribution in [3.63, 3.8) is 0 Å². The number of nitrogens with one attached hydrogen (secondary N) is 1. The van der Waals surface area contributed by atoms with Crippen molar-refractivity contribution in [2.24, 2.45) is 0 Å². The van der Waals surface area contributed by atoms with Gasteiger partial charge in [0.25, 0.3) is 10.0 Å². The summed E-state index contributed by atoms with van der Waals surface area (Å²) in [6, 6.07) is 24.0. The van der Waals surface area contributed by atoms with Gasteiger partial charge >= 0.3 is 12.2 Å². The minimum absolute atomic E-state index is 0.245. The van der Waals surface area contributed by atoms with Gasteiger partial charge < -0.3 is 25.0 Å². The number of nitrogens with zero attached hydrogens (tertiary/aromatic N) is 2. The largest absolute Gasteiger partial charge is 0.444 e. The summed E-state index contributed by atoms with van der Waals surface area (Å²) in [6.45, 7) is 13.4. The van der Waals surface area contributed by atoms with E-state index in [-0.39, 0.29) is 17.1 Å². The van der Waals surface area contributed by atoms with E-state index in [2.05, 4.69) is 4.72 Å². The van der Waals surface area contributed by atoms with Crippen molar-refractivity contribution in [3.8, 4) is 0 Å². The lowest BCUT2D eigenvalue weighted by Crippen LogP contribution is -2.39. The molecule has 49 heavy (non-hydrogen) atoms. The summed E-state index contributed by atoms with van der Waals surface area (Å²) >= 11 is 0. The first kappa shape index (κ1) is 35.5. The third-order valence-electron chi connectivity index (χ3n) is 8.06. The molecule has 3 N–H and O–H groups in total. The van der Waals surface area contributed by atoms with E-state index in [9.17, 15) is 18.0 Å². The lowest BCUT2D eigenvalue weighted by atomic mass is 9.99. The van der Waals surface area contributed by atoms with Gasteiger partial charge in [-0.25, -0.2) is 18.0 Å². The zero-order chi connectivity index (χ0) is 35.6. The van der Waals surface area contributed by atoms with Crippen molar-refractivity contribution >= 4 is 44.4 Å². The van der Waals surface area contributed by atoms with Gasteiger partial charge in [-0.15, -0.1) is 0 Å². The highest BCUT2D eigenvalue weighted by Crippen LogP contribution is 2.28. The molecule has 0 atom stereocenters. The monoisotopic (exact) mass is 686 g/mol. The normalized spacial score (nSPS) is 14.6. The Balaban J connectivity index is 0.000000221. The lowest BCUT2D eigenvalue weighted by molar-refractivity contribution is 0.0214. The molecule has 0 spiro atoms. The number of carbonyl (C=O) groups excluding carboxylic acids is 2. The Morgan fingerprint density at radius 3 is 1.82 bits per heavy atom. The van der Waals surface area contributed by atoms with Gasteiger partial charge in [-0.05, 0) is 112 Å². The highest BCUT2D eigenvalue weighted by molar-refractivity contribution is 7.93. The van der Waals surface area contributed by atoms with Crippen LogP contribution in [0.1, 0.15) is 63.8 Å². The number of rotatable bonds is 3. The van der Waals surface area contributed by atoms with E-state index in [1.165, 1.54) is 5.56 Å². The molecular formula is C38H46N4O6S. The SMILES string of the molecule is CC(C)(C)OC(=O)N1CCc2cc(N)ccc2C1.CC(C)(C)OC(=O)N1CCc2cc(NS(=O)(=O)c3cccc4ccccc34)ccc2C1. The summed E-state index contributed by atoms with van der Waals surface area (Å²) in [7, 11) is -3.75. The number of benzene rings is 4. The third-order valence-corrected chi connectivity index (χ3v) is 9.50.